The van der Waals surface area contributed by atoms with Gasteiger partial charge in [-0.2, -0.15) is 0 Å². The maximum atomic E-state index is 5.63. The molecule has 1 fully saturated rings. The van der Waals surface area contributed by atoms with Gasteiger partial charge < -0.3 is 10.1 Å². The molecule has 3 nitrogen and oxygen atoms in total. The average Bonchev–Trinajstić information content (AvgIpc) is 2.59. The molecule has 90 valence electrons. The molecule has 1 aromatic rings. The molecular formula is C12H20N2OS. The zero-order valence-corrected chi connectivity index (χ0v) is 11.3. The number of thiazole rings is 1. The second-order valence-corrected chi connectivity index (χ2v) is 5.83. The second-order valence-electron chi connectivity index (χ2n) is 4.63. The molecule has 0 aromatic carbocycles. The van der Waals surface area contributed by atoms with E-state index in [0.717, 1.165) is 25.1 Å². The van der Waals surface area contributed by atoms with Gasteiger partial charge in [-0.25, -0.2) is 4.98 Å². The van der Waals surface area contributed by atoms with E-state index in [1.54, 1.807) is 0 Å². The molecule has 4 heteroatoms. The van der Waals surface area contributed by atoms with Gasteiger partial charge in [0, 0.05) is 11.5 Å². The smallest absolute Gasteiger partial charge is 0.113 e. The van der Waals surface area contributed by atoms with Crippen LogP contribution >= 0.6 is 11.3 Å². The molecule has 1 N–H and O–H groups in total. The summed E-state index contributed by atoms with van der Waals surface area (Å²) in [5, 5.41) is 4.69. The summed E-state index contributed by atoms with van der Waals surface area (Å²) in [6.45, 7) is 7.18. The molecule has 0 spiro atoms. The van der Waals surface area contributed by atoms with Crippen molar-refractivity contribution in [2.24, 2.45) is 0 Å². The number of hydrogen-bond acceptors (Lipinski definition) is 4. The van der Waals surface area contributed by atoms with Gasteiger partial charge in [0.15, 0.2) is 0 Å². The van der Waals surface area contributed by atoms with Gasteiger partial charge in [0.25, 0.3) is 0 Å². The van der Waals surface area contributed by atoms with E-state index >= 15 is 0 Å². The number of rotatable bonds is 2. The Kier molecular flexibility index (Phi) is 3.33. The molecule has 0 bridgehead atoms. The van der Waals surface area contributed by atoms with E-state index in [9.17, 15) is 0 Å². The Morgan fingerprint density at radius 2 is 2.25 bits per heavy atom. The topological polar surface area (TPSA) is 34.2 Å². The minimum atomic E-state index is 0.0291. The molecule has 2 rings (SSSR count). The number of aryl methyl sites for hydroxylation is 2. The molecule has 0 radical (unpaired) electrons. The fourth-order valence-electron chi connectivity index (χ4n) is 2.29. The van der Waals surface area contributed by atoms with Gasteiger partial charge in [0.05, 0.1) is 17.3 Å². The minimum absolute atomic E-state index is 0.0291. The van der Waals surface area contributed by atoms with Crippen molar-refractivity contribution < 1.29 is 4.74 Å². The van der Waals surface area contributed by atoms with E-state index in [4.69, 9.17) is 9.72 Å². The summed E-state index contributed by atoms with van der Waals surface area (Å²) in [6, 6.07) is 0. The molecule has 1 aliphatic rings. The van der Waals surface area contributed by atoms with Crippen LogP contribution < -0.4 is 5.32 Å². The first-order chi connectivity index (χ1) is 7.57. The molecule has 0 aliphatic carbocycles. The number of nitrogens with one attached hydrogen (secondary N) is 1. The van der Waals surface area contributed by atoms with Gasteiger partial charge in [-0.1, -0.05) is 0 Å². The van der Waals surface area contributed by atoms with Crippen LogP contribution in [-0.4, -0.2) is 24.7 Å². The van der Waals surface area contributed by atoms with Crippen LogP contribution in [0.15, 0.2) is 0 Å². The predicted octanol–water partition coefficient (Wildman–Crippen LogP) is 2.37. The Hall–Kier alpha value is -0.450. The SMILES string of the molecule is CNC1(c2nc(C)c(C)s2)CCOC(C)C1. The van der Waals surface area contributed by atoms with Crippen LogP contribution in [0.5, 0.6) is 0 Å². The summed E-state index contributed by atoms with van der Waals surface area (Å²) in [5.74, 6) is 0. The predicted molar refractivity (Wildman–Crippen MR) is 67.0 cm³/mol. The maximum absolute atomic E-state index is 5.63. The maximum Gasteiger partial charge on any atom is 0.113 e. The molecule has 0 amide bonds. The van der Waals surface area contributed by atoms with Crippen molar-refractivity contribution in [1.82, 2.24) is 10.3 Å². The molecule has 0 saturated carbocycles. The molecule has 16 heavy (non-hydrogen) atoms. The Balaban J connectivity index is 2.33. The lowest BCUT2D eigenvalue weighted by molar-refractivity contribution is -0.0185. The third kappa shape index (κ3) is 2.01. The summed E-state index contributed by atoms with van der Waals surface area (Å²) in [6.07, 6.45) is 2.33. The lowest BCUT2D eigenvalue weighted by Gasteiger charge is -2.38. The van der Waals surface area contributed by atoms with Crippen molar-refractivity contribution in [3.8, 4) is 0 Å². The summed E-state index contributed by atoms with van der Waals surface area (Å²) in [7, 11) is 2.03. The minimum Gasteiger partial charge on any atom is -0.378 e. The molecule has 1 saturated heterocycles. The van der Waals surface area contributed by atoms with Crippen molar-refractivity contribution in [3.63, 3.8) is 0 Å². The number of ether oxygens (including phenoxy) is 1. The summed E-state index contributed by atoms with van der Waals surface area (Å²) in [5.41, 5.74) is 1.19. The van der Waals surface area contributed by atoms with E-state index in [-0.39, 0.29) is 5.54 Å². The first-order valence-corrected chi connectivity index (χ1v) is 6.64. The Morgan fingerprint density at radius 3 is 2.75 bits per heavy atom. The molecule has 2 heterocycles. The normalized spacial score (nSPS) is 30.6. The highest BCUT2D eigenvalue weighted by Gasteiger charge is 2.38. The Morgan fingerprint density at radius 1 is 1.50 bits per heavy atom. The fraction of sp³-hybridized carbons (Fsp3) is 0.750. The second kappa shape index (κ2) is 4.43. The van der Waals surface area contributed by atoms with Crippen molar-refractivity contribution in [1.29, 1.82) is 0 Å². The standard InChI is InChI=1S/C12H20N2OS/c1-8-7-12(13-4,5-6-15-8)11-14-9(2)10(3)16-11/h8,13H,5-7H2,1-4H3. The van der Waals surface area contributed by atoms with Gasteiger partial charge in [-0.05, 0) is 40.7 Å². The summed E-state index contributed by atoms with van der Waals surface area (Å²) in [4.78, 5) is 6.03. The zero-order chi connectivity index (χ0) is 11.8. The van der Waals surface area contributed by atoms with Crippen molar-refractivity contribution in [2.75, 3.05) is 13.7 Å². The quantitative estimate of drug-likeness (QED) is 0.862. The lowest BCUT2D eigenvalue weighted by Crippen LogP contribution is -2.47. The number of aromatic nitrogens is 1. The van der Waals surface area contributed by atoms with Crippen molar-refractivity contribution >= 4 is 11.3 Å². The first kappa shape index (κ1) is 12.0. The van der Waals surface area contributed by atoms with Crippen LogP contribution in [0.3, 0.4) is 0 Å². The molecule has 1 aliphatic heterocycles. The average molecular weight is 240 g/mol. The molecule has 2 unspecified atom stereocenters. The monoisotopic (exact) mass is 240 g/mol. The summed E-state index contributed by atoms with van der Waals surface area (Å²) >= 11 is 1.82. The lowest BCUT2D eigenvalue weighted by atomic mass is 9.88. The number of nitrogens with zero attached hydrogens (tertiary/aromatic N) is 1. The van der Waals surface area contributed by atoms with E-state index in [1.165, 1.54) is 9.88 Å². The zero-order valence-electron chi connectivity index (χ0n) is 10.5. The van der Waals surface area contributed by atoms with Gasteiger partial charge in [0.2, 0.25) is 0 Å². The highest BCUT2D eigenvalue weighted by Crippen LogP contribution is 2.37. The highest BCUT2D eigenvalue weighted by molar-refractivity contribution is 7.11. The first-order valence-electron chi connectivity index (χ1n) is 5.82. The van der Waals surface area contributed by atoms with Crippen LogP contribution in [0.4, 0.5) is 0 Å². The Bertz CT molecular complexity index is 358. The van der Waals surface area contributed by atoms with Gasteiger partial charge in [0.1, 0.15) is 5.01 Å². The van der Waals surface area contributed by atoms with Crippen LogP contribution in [-0.2, 0) is 10.3 Å². The van der Waals surface area contributed by atoms with Crippen molar-refractivity contribution in [2.45, 2.75) is 45.3 Å². The molecular weight excluding hydrogens is 220 g/mol. The van der Waals surface area contributed by atoms with E-state index in [1.807, 2.05) is 18.4 Å². The van der Waals surface area contributed by atoms with Gasteiger partial charge in [-0.3, -0.25) is 0 Å². The fourth-order valence-corrected chi connectivity index (χ4v) is 3.44. The van der Waals surface area contributed by atoms with Crippen LogP contribution in [0.25, 0.3) is 0 Å². The van der Waals surface area contributed by atoms with Crippen LogP contribution in [0, 0.1) is 13.8 Å². The third-order valence-electron chi connectivity index (χ3n) is 3.48. The van der Waals surface area contributed by atoms with Crippen LogP contribution in [0.2, 0.25) is 0 Å². The van der Waals surface area contributed by atoms with E-state index in [2.05, 4.69) is 26.1 Å². The molecule has 2 atom stereocenters. The highest BCUT2D eigenvalue weighted by atomic mass is 32.1. The van der Waals surface area contributed by atoms with Gasteiger partial charge >= 0.3 is 0 Å². The van der Waals surface area contributed by atoms with E-state index < -0.39 is 0 Å². The van der Waals surface area contributed by atoms with Crippen molar-refractivity contribution in [3.05, 3.63) is 15.6 Å². The number of hydrogen-bond donors (Lipinski definition) is 1. The summed E-state index contributed by atoms with van der Waals surface area (Å²) < 4.78 is 5.63. The Labute approximate surface area is 101 Å². The van der Waals surface area contributed by atoms with E-state index in [0.29, 0.717) is 6.10 Å². The molecule has 1 aromatic heterocycles. The largest absolute Gasteiger partial charge is 0.378 e. The van der Waals surface area contributed by atoms with Crippen LogP contribution in [0.1, 0.15) is 35.3 Å². The van der Waals surface area contributed by atoms with Gasteiger partial charge in [-0.15, -0.1) is 11.3 Å². The third-order valence-corrected chi connectivity index (χ3v) is 4.76.